The lowest BCUT2D eigenvalue weighted by Gasteiger charge is -2.19. The van der Waals surface area contributed by atoms with Gasteiger partial charge in [-0.2, -0.15) is 5.10 Å². The van der Waals surface area contributed by atoms with Gasteiger partial charge < -0.3 is 10.6 Å². The van der Waals surface area contributed by atoms with E-state index in [-0.39, 0.29) is 11.9 Å². The molecule has 2 saturated heterocycles. The van der Waals surface area contributed by atoms with Crippen LogP contribution in [-0.2, 0) is 18.3 Å². The van der Waals surface area contributed by atoms with Crippen molar-refractivity contribution in [3.05, 3.63) is 18.0 Å². The average Bonchev–Trinajstić information content (AvgIpc) is 3.04. The van der Waals surface area contributed by atoms with Crippen LogP contribution in [0.1, 0.15) is 12.1 Å². The van der Waals surface area contributed by atoms with Gasteiger partial charge in [0, 0.05) is 38.4 Å². The first-order chi connectivity index (χ1) is 9.12. The fourth-order valence-electron chi connectivity index (χ4n) is 2.73. The van der Waals surface area contributed by atoms with Gasteiger partial charge in [-0.15, -0.1) is 0 Å². The van der Waals surface area contributed by atoms with Crippen molar-refractivity contribution in [2.45, 2.75) is 18.4 Å². The van der Waals surface area contributed by atoms with Crippen LogP contribution < -0.4 is 10.6 Å². The van der Waals surface area contributed by atoms with Gasteiger partial charge in [0.05, 0.1) is 0 Å². The van der Waals surface area contributed by atoms with Crippen molar-refractivity contribution in [3.63, 3.8) is 0 Å². The second-order valence-electron chi connectivity index (χ2n) is 5.09. The Balaban J connectivity index is 1.70. The fourth-order valence-corrected chi connectivity index (χ4v) is 2.73. The van der Waals surface area contributed by atoms with Gasteiger partial charge in [-0.1, -0.05) is 0 Å². The third-order valence-electron chi connectivity index (χ3n) is 3.92. The molecule has 2 aliphatic rings. The number of hydrogen-bond acceptors (Lipinski definition) is 4. The third kappa shape index (κ3) is 1.90. The zero-order chi connectivity index (χ0) is 13.5. The summed E-state index contributed by atoms with van der Waals surface area (Å²) in [6.07, 6.45) is 3.00. The smallest absolute Gasteiger partial charge is 0.322 e. The van der Waals surface area contributed by atoms with Crippen LogP contribution in [0.15, 0.2) is 12.3 Å². The number of imide groups is 1. The second-order valence-corrected chi connectivity index (χ2v) is 5.09. The van der Waals surface area contributed by atoms with Crippen molar-refractivity contribution >= 4 is 11.9 Å². The summed E-state index contributed by atoms with van der Waals surface area (Å²) in [5, 5.41) is 10.0. The first-order valence-corrected chi connectivity index (χ1v) is 6.44. The number of urea groups is 1. The Bertz CT molecular complexity index is 518. The lowest BCUT2D eigenvalue weighted by molar-refractivity contribution is -0.130. The molecule has 102 valence electrons. The highest BCUT2D eigenvalue weighted by Gasteiger charge is 2.52. The molecule has 0 saturated carbocycles. The maximum atomic E-state index is 12.4. The second kappa shape index (κ2) is 4.34. The van der Waals surface area contributed by atoms with Crippen LogP contribution in [0.25, 0.3) is 0 Å². The van der Waals surface area contributed by atoms with Gasteiger partial charge in [-0.25, -0.2) is 4.79 Å². The molecular formula is C12H17N5O2. The molecule has 2 N–H and O–H groups in total. The number of amides is 3. The van der Waals surface area contributed by atoms with Crippen molar-refractivity contribution in [2.24, 2.45) is 7.05 Å². The van der Waals surface area contributed by atoms with E-state index in [0.717, 1.165) is 12.2 Å². The summed E-state index contributed by atoms with van der Waals surface area (Å²) >= 11 is 0. The van der Waals surface area contributed by atoms with Gasteiger partial charge in [0.2, 0.25) is 0 Å². The van der Waals surface area contributed by atoms with Gasteiger partial charge >= 0.3 is 6.03 Å². The minimum Gasteiger partial charge on any atom is -0.322 e. The Morgan fingerprint density at radius 3 is 2.95 bits per heavy atom. The van der Waals surface area contributed by atoms with Crippen molar-refractivity contribution in [1.82, 2.24) is 25.3 Å². The van der Waals surface area contributed by atoms with Gasteiger partial charge in [0.15, 0.2) is 0 Å². The number of nitrogens with one attached hydrogen (secondary N) is 2. The molecule has 1 aromatic rings. The molecule has 3 heterocycles. The van der Waals surface area contributed by atoms with Crippen LogP contribution in [0.2, 0.25) is 0 Å². The third-order valence-corrected chi connectivity index (χ3v) is 3.92. The normalized spacial score (nSPS) is 26.5. The monoisotopic (exact) mass is 263 g/mol. The van der Waals surface area contributed by atoms with E-state index in [1.54, 1.807) is 10.9 Å². The molecule has 3 amide bonds. The number of carbonyl (C=O) groups excluding carboxylic acids is 2. The SMILES string of the molecule is Cn1nccc1CCN1C(=O)NC2(CCNC2)C1=O. The first-order valence-electron chi connectivity index (χ1n) is 6.44. The molecular weight excluding hydrogens is 246 g/mol. The molecule has 3 rings (SSSR count). The van der Waals surface area contributed by atoms with Crippen LogP contribution >= 0.6 is 0 Å². The number of nitrogens with zero attached hydrogens (tertiary/aromatic N) is 3. The molecule has 7 heteroatoms. The minimum absolute atomic E-state index is 0.107. The number of aromatic nitrogens is 2. The summed E-state index contributed by atoms with van der Waals surface area (Å²) in [5.74, 6) is -0.107. The molecule has 0 aromatic carbocycles. The van der Waals surface area contributed by atoms with E-state index >= 15 is 0 Å². The lowest BCUT2D eigenvalue weighted by Crippen LogP contribution is -2.48. The van der Waals surface area contributed by atoms with Gasteiger partial charge in [-0.3, -0.25) is 14.4 Å². The van der Waals surface area contributed by atoms with E-state index in [9.17, 15) is 9.59 Å². The molecule has 2 aliphatic heterocycles. The fraction of sp³-hybridized carbons (Fsp3) is 0.583. The topological polar surface area (TPSA) is 79.3 Å². The number of carbonyl (C=O) groups is 2. The Hall–Kier alpha value is -1.89. The van der Waals surface area contributed by atoms with Crippen molar-refractivity contribution in [1.29, 1.82) is 0 Å². The van der Waals surface area contributed by atoms with E-state index in [1.807, 2.05) is 13.1 Å². The summed E-state index contributed by atoms with van der Waals surface area (Å²) in [6, 6.07) is 1.61. The Morgan fingerprint density at radius 1 is 1.47 bits per heavy atom. The molecule has 1 atom stereocenters. The largest absolute Gasteiger partial charge is 0.325 e. The van der Waals surface area contributed by atoms with Crippen molar-refractivity contribution in [2.75, 3.05) is 19.6 Å². The minimum atomic E-state index is -0.705. The van der Waals surface area contributed by atoms with Crippen LogP contribution in [0, 0.1) is 0 Å². The molecule has 0 bridgehead atoms. The summed E-state index contributed by atoms with van der Waals surface area (Å²) in [7, 11) is 1.85. The molecule has 19 heavy (non-hydrogen) atoms. The van der Waals surface area contributed by atoms with E-state index in [2.05, 4.69) is 15.7 Å². The highest BCUT2D eigenvalue weighted by atomic mass is 16.2. The summed E-state index contributed by atoms with van der Waals surface area (Å²) in [6.45, 7) is 1.69. The molecule has 2 fully saturated rings. The highest BCUT2D eigenvalue weighted by molar-refractivity contribution is 6.07. The summed E-state index contributed by atoms with van der Waals surface area (Å²) in [4.78, 5) is 25.6. The predicted octanol–water partition coefficient (Wildman–Crippen LogP) is -0.753. The number of aryl methyl sites for hydroxylation is 1. The van der Waals surface area contributed by atoms with Crippen LogP contribution in [-0.4, -0.2) is 51.8 Å². The number of hydrogen-bond donors (Lipinski definition) is 2. The Kier molecular flexibility index (Phi) is 2.78. The van der Waals surface area contributed by atoms with Gasteiger partial charge in [0.1, 0.15) is 5.54 Å². The van der Waals surface area contributed by atoms with Gasteiger partial charge in [0.25, 0.3) is 5.91 Å². The van der Waals surface area contributed by atoms with E-state index in [0.29, 0.717) is 25.9 Å². The first kappa shape index (κ1) is 12.2. The van der Waals surface area contributed by atoms with E-state index < -0.39 is 5.54 Å². The maximum absolute atomic E-state index is 12.4. The Labute approximate surface area is 110 Å². The summed E-state index contributed by atoms with van der Waals surface area (Å²) in [5.41, 5.74) is 0.301. The van der Waals surface area contributed by atoms with Crippen LogP contribution in [0.4, 0.5) is 4.79 Å². The standard InChI is InChI=1S/C12H17N5O2/c1-16-9(2-5-14-16)3-7-17-10(18)12(15-11(17)19)4-6-13-8-12/h2,5,13H,3-4,6-8H2,1H3,(H,15,19). The average molecular weight is 263 g/mol. The molecule has 1 aromatic heterocycles. The molecule has 0 radical (unpaired) electrons. The Morgan fingerprint density at radius 2 is 2.32 bits per heavy atom. The lowest BCUT2D eigenvalue weighted by atomic mass is 9.99. The zero-order valence-electron chi connectivity index (χ0n) is 10.8. The van der Waals surface area contributed by atoms with Crippen LogP contribution in [0.5, 0.6) is 0 Å². The van der Waals surface area contributed by atoms with Gasteiger partial charge in [-0.05, 0) is 19.0 Å². The number of rotatable bonds is 3. The van der Waals surface area contributed by atoms with E-state index in [1.165, 1.54) is 4.90 Å². The predicted molar refractivity (Wildman–Crippen MR) is 67.4 cm³/mol. The van der Waals surface area contributed by atoms with Crippen LogP contribution in [0.3, 0.4) is 0 Å². The quantitative estimate of drug-likeness (QED) is 0.703. The molecule has 1 unspecified atom stereocenters. The van der Waals surface area contributed by atoms with E-state index in [4.69, 9.17) is 0 Å². The van der Waals surface area contributed by atoms with Crippen molar-refractivity contribution in [3.8, 4) is 0 Å². The molecule has 7 nitrogen and oxygen atoms in total. The van der Waals surface area contributed by atoms with Crippen molar-refractivity contribution < 1.29 is 9.59 Å². The molecule has 0 aliphatic carbocycles. The maximum Gasteiger partial charge on any atom is 0.325 e. The summed E-state index contributed by atoms with van der Waals surface area (Å²) < 4.78 is 1.76. The highest BCUT2D eigenvalue weighted by Crippen LogP contribution is 2.24. The zero-order valence-corrected chi connectivity index (χ0v) is 10.8. The molecule has 1 spiro atoms.